The first kappa shape index (κ1) is 35.7. The van der Waals surface area contributed by atoms with Gasteiger partial charge in [-0.25, -0.2) is 13.2 Å². The summed E-state index contributed by atoms with van der Waals surface area (Å²) in [5.41, 5.74) is 0.940. The molecule has 45 heavy (non-hydrogen) atoms. The molecule has 0 bridgehead atoms. The van der Waals surface area contributed by atoms with E-state index >= 15 is 0 Å². The molecule has 2 amide bonds. The van der Waals surface area contributed by atoms with Crippen LogP contribution < -0.4 is 5.32 Å². The summed E-state index contributed by atoms with van der Waals surface area (Å²) in [5.74, 6) is -0.262. The van der Waals surface area contributed by atoms with E-state index in [1.54, 1.807) is 39.0 Å². The molecule has 2 N–H and O–H groups in total. The topological polar surface area (TPSA) is 116 Å². The Morgan fingerprint density at radius 3 is 1.93 bits per heavy atom. The molecule has 0 aliphatic heterocycles. The summed E-state index contributed by atoms with van der Waals surface area (Å²) in [7, 11) is -3.91. The van der Waals surface area contributed by atoms with Crippen LogP contribution in [0.15, 0.2) is 95.9 Å². The van der Waals surface area contributed by atoms with Gasteiger partial charge in [0.2, 0.25) is 15.9 Å². The number of hydrogen-bond donors (Lipinski definition) is 2. The third-order valence-corrected chi connectivity index (χ3v) is 9.25. The zero-order valence-corrected chi connectivity index (χ0v) is 27.7. The van der Waals surface area contributed by atoms with E-state index in [1.807, 2.05) is 74.5 Å². The van der Waals surface area contributed by atoms with Gasteiger partial charge in [0.1, 0.15) is 13.2 Å². The lowest BCUT2D eigenvalue weighted by Crippen LogP contribution is -2.55. The van der Waals surface area contributed by atoms with Crippen molar-refractivity contribution in [3.8, 4) is 0 Å². The molecule has 10 heteroatoms. The predicted octanol–water partition coefficient (Wildman–Crippen LogP) is 5.25. The molecule has 244 valence electrons. The van der Waals surface area contributed by atoms with Crippen molar-refractivity contribution >= 4 is 22.0 Å². The molecule has 0 radical (unpaired) electrons. The molecule has 0 unspecified atom stereocenters. The fourth-order valence-electron chi connectivity index (χ4n) is 4.71. The average Bonchev–Trinajstić information content (AvgIpc) is 3.01. The fourth-order valence-corrected chi connectivity index (χ4v) is 6.20. The summed E-state index contributed by atoms with van der Waals surface area (Å²) in [6.45, 7) is 9.18. The number of benzene rings is 3. The molecule has 0 fully saturated rings. The number of carbonyl (C=O) groups excluding carboxylic acids is 2. The van der Waals surface area contributed by atoms with Crippen LogP contribution in [0.5, 0.6) is 0 Å². The molecule has 0 aliphatic rings. The average molecular weight is 638 g/mol. The monoisotopic (exact) mass is 637 g/mol. The molecule has 0 spiro atoms. The summed E-state index contributed by atoms with van der Waals surface area (Å²) in [4.78, 5) is 28.1. The Morgan fingerprint density at radius 2 is 1.40 bits per heavy atom. The van der Waals surface area contributed by atoms with Crippen LogP contribution in [-0.4, -0.2) is 72.0 Å². The second-order valence-electron chi connectivity index (χ2n) is 12.6. The van der Waals surface area contributed by atoms with Crippen LogP contribution >= 0.6 is 0 Å². The molecule has 0 saturated carbocycles. The normalized spacial score (nSPS) is 13.3. The maximum atomic E-state index is 13.6. The first-order valence-electron chi connectivity index (χ1n) is 15.3. The van der Waals surface area contributed by atoms with Crippen LogP contribution in [0.4, 0.5) is 4.79 Å². The molecule has 3 aromatic rings. The van der Waals surface area contributed by atoms with Gasteiger partial charge in [-0.3, -0.25) is 9.69 Å². The van der Waals surface area contributed by atoms with E-state index in [-0.39, 0.29) is 43.5 Å². The Bertz CT molecular complexity index is 1440. The Kier molecular flexibility index (Phi) is 13.1. The number of amides is 2. The van der Waals surface area contributed by atoms with Gasteiger partial charge in [-0.15, -0.1) is 0 Å². The lowest BCUT2D eigenvalue weighted by atomic mass is 10.0. The number of nitrogens with one attached hydrogen (secondary N) is 1. The number of nitrogens with zero attached hydrogens (tertiary/aromatic N) is 2. The molecular formula is C35H47N3O6S. The molecule has 2 atom stereocenters. The quantitative estimate of drug-likeness (QED) is 0.235. The van der Waals surface area contributed by atoms with Crippen LogP contribution in [0.3, 0.4) is 0 Å². The van der Waals surface area contributed by atoms with E-state index in [2.05, 4.69) is 5.32 Å². The molecule has 0 heterocycles. The fraction of sp³-hybridized carbons (Fsp3) is 0.429. The number of sulfonamides is 1. The number of aliphatic hydroxyl groups is 1. The van der Waals surface area contributed by atoms with Crippen molar-refractivity contribution in [2.75, 3.05) is 19.6 Å². The van der Waals surface area contributed by atoms with Crippen molar-refractivity contribution in [3.05, 3.63) is 102 Å². The molecule has 0 aromatic heterocycles. The second-order valence-corrected chi connectivity index (χ2v) is 14.5. The number of rotatable bonds is 15. The molecule has 0 saturated heterocycles. The van der Waals surface area contributed by atoms with Crippen LogP contribution in [0.1, 0.15) is 52.2 Å². The lowest BCUT2D eigenvalue weighted by molar-refractivity contribution is -0.124. The number of carbonyl (C=O) groups is 2. The van der Waals surface area contributed by atoms with E-state index in [1.165, 1.54) is 21.3 Å². The zero-order valence-electron chi connectivity index (χ0n) is 26.9. The van der Waals surface area contributed by atoms with Crippen molar-refractivity contribution in [1.29, 1.82) is 0 Å². The van der Waals surface area contributed by atoms with Crippen LogP contribution in [0, 0.1) is 5.92 Å². The van der Waals surface area contributed by atoms with E-state index < -0.39 is 39.7 Å². The summed E-state index contributed by atoms with van der Waals surface area (Å²) in [5, 5.41) is 14.5. The standard InChI is InChI=1S/C35H47N3O6S/c1-27(2)21-22-37(45(42,43)30-19-13-8-14-20-30)24-32(39)31(23-28-15-9-6-10-16-28)36-33(40)25-38(35(3,4)5)34(41)44-26-29-17-11-7-12-18-29/h6-20,27,31-32,39H,21-26H2,1-5H3,(H,36,40)/t31-,32+/m0/s1. The number of hydrogen-bond acceptors (Lipinski definition) is 6. The molecular weight excluding hydrogens is 590 g/mol. The van der Waals surface area contributed by atoms with E-state index in [9.17, 15) is 23.1 Å². The van der Waals surface area contributed by atoms with Gasteiger partial charge in [0, 0.05) is 18.6 Å². The Balaban J connectivity index is 1.81. The second kappa shape index (κ2) is 16.5. The van der Waals surface area contributed by atoms with Crippen molar-refractivity contribution in [2.45, 2.75) is 76.6 Å². The van der Waals surface area contributed by atoms with Crippen LogP contribution in [-0.2, 0) is 32.6 Å². The van der Waals surface area contributed by atoms with Crippen molar-refractivity contribution < 1.29 is 27.9 Å². The lowest BCUT2D eigenvalue weighted by Gasteiger charge is -2.35. The van der Waals surface area contributed by atoms with Gasteiger partial charge in [-0.2, -0.15) is 4.31 Å². The van der Waals surface area contributed by atoms with Crippen molar-refractivity contribution in [3.63, 3.8) is 0 Å². The van der Waals surface area contributed by atoms with Gasteiger partial charge in [0.25, 0.3) is 0 Å². The first-order valence-corrected chi connectivity index (χ1v) is 16.8. The van der Waals surface area contributed by atoms with Gasteiger partial charge in [-0.05, 0) is 62.8 Å². The third-order valence-electron chi connectivity index (χ3n) is 7.37. The largest absolute Gasteiger partial charge is 0.445 e. The highest BCUT2D eigenvalue weighted by Crippen LogP contribution is 2.20. The van der Waals surface area contributed by atoms with Gasteiger partial charge < -0.3 is 15.2 Å². The minimum absolute atomic E-state index is 0.0608. The third kappa shape index (κ3) is 11.3. The van der Waals surface area contributed by atoms with E-state index in [4.69, 9.17) is 4.74 Å². The smallest absolute Gasteiger partial charge is 0.411 e. The maximum Gasteiger partial charge on any atom is 0.411 e. The van der Waals surface area contributed by atoms with Gasteiger partial charge in [0.05, 0.1) is 17.0 Å². The number of ether oxygens (including phenoxy) is 1. The van der Waals surface area contributed by atoms with E-state index in [0.29, 0.717) is 6.42 Å². The number of aliphatic hydroxyl groups excluding tert-OH is 1. The minimum Gasteiger partial charge on any atom is -0.445 e. The van der Waals surface area contributed by atoms with Gasteiger partial charge in [0.15, 0.2) is 0 Å². The molecule has 3 aromatic carbocycles. The predicted molar refractivity (Wildman–Crippen MR) is 176 cm³/mol. The highest BCUT2D eigenvalue weighted by Gasteiger charge is 2.33. The molecule has 3 rings (SSSR count). The van der Waals surface area contributed by atoms with Crippen LogP contribution in [0.25, 0.3) is 0 Å². The Hall–Kier alpha value is -3.73. The first-order chi connectivity index (χ1) is 21.3. The minimum atomic E-state index is -3.91. The highest BCUT2D eigenvalue weighted by molar-refractivity contribution is 7.89. The van der Waals surface area contributed by atoms with Gasteiger partial charge in [-0.1, -0.05) is 92.7 Å². The highest BCUT2D eigenvalue weighted by atomic mass is 32.2. The van der Waals surface area contributed by atoms with Crippen molar-refractivity contribution in [1.82, 2.24) is 14.5 Å². The van der Waals surface area contributed by atoms with Crippen molar-refractivity contribution in [2.24, 2.45) is 5.92 Å². The maximum absolute atomic E-state index is 13.6. The Labute approximate surface area is 268 Å². The zero-order chi connectivity index (χ0) is 33.0. The summed E-state index contributed by atoms with van der Waals surface area (Å²) < 4.78 is 34.1. The van der Waals surface area contributed by atoms with Crippen LogP contribution in [0.2, 0.25) is 0 Å². The SMILES string of the molecule is CC(C)CCN(C[C@@H](O)[C@H](Cc1ccccc1)NC(=O)CN(C(=O)OCc1ccccc1)C(C)(C)C)S(=O)(=O)c1ccccc1. The van der Waals surface area contributed by atoms with Gasteiger partial charge >= 0.3 is 6.09 Å². The summed E-state index contributed by atoms with van der Waals surface area (Å²) in [6.07, 6.45) is -1.03. The Morgan fingerprint density at radius 1 is 0.867 bits per heavy atom. The van der Waals surface area contributed by atoms with E-state index in [0.717, 1.165) is 11.1 Å². The summed E-state index contributed by atoms with van der Waals surface area (Å²) in [6, 6.07) is 25.9. The summed E-state index contributed by atoms with van der Waals surface area (Å²) >= 11 is 0. The molecule has 0 aliphatic carbocycles. The molecule has 9 nitrogen and oxygen atoms in total.